The van der Waals surface area contributed by atoms with Gasteiger partial charge in [0.1, 0.15) is 5.82 Å². The summed E-state index contributed by atoms with van der Waals surface area (Å²) in [5.74, 6) is -1.08. The van der Waals surface area contributed by atoms with Gasteiger partial charge in [-0.1, -0.05) is 6.07 Å². The van der Waals surface area contributed by atoms with E-state index in [1.807, 2.05) is 19.1 Å². The lowest BCUT2D eigenvalue weighted by Gasteiger charge is -2.30. The number of aryl methyl sites for hydroxylation is 1. The molecule has 2 aromatic rings. The number of sulfone groups is 1. The van der Waals surface area contributed by atoms with Gasteiger partial charge in [-0.3, -0.25) is 4.79 Å². The van der Waals surface area contributed by atoms with E-state index in [0.717, 1.165) is 36.5 Å². The maximum atomic E-state index is 13.0. The molecule has 6 nitrogen and oxygen atoms in total. The number of hydrogen-bond acceptors (Lipinski definition) is 5. The van der Waals surface area contributed by atoms with Crippen LogP contribution in [-0.2, 0) is 14.6 Å². The quantitative estimate of drug-likeness (QED) is 0.745. The zero-order chi connectivity index (χ0) is 20.1. The van der Waals surface area contributed by atoms with E-state index >= 15 is 0 Å². The van der Waals surface area contributed by atoms with E-state index in [1.54, 1.807) is 6.07 Å². The topological polar surface area (TPSA) is 75.7 Å². The lowest BCUT2D eigenvalue weighted by molar-refractivity contribution is 0.0956. The SMILES string of the molecule is Cc1ccc(C(=O)NCCS(=O)(=O)c2ccc(F)cc2)cc1N1CCOCC1. The smallest absolute Gasteiger partial charge is 0.251 e. The Bertz CT molecular complexity index is 939. The third-order valence-corrected chi connectivity index (χ3v) is 6.38. The first-order chi connectivity index (χ1) is 13.4. The molecule has 0 unspecified atom stereocenters. The van der Waals surface area contributed by atoms with Gasteiger partial charge in [0.2, 0.25) is 0 Å². The Hall–Kier alpha value is -2.45. The fourth-order valence-corrected chi connectivity index (χ4v) is 4.21. The molecule has 1 saturated heterocycles. The van der Waals surface area contributed by atoms with Gasteiger partial charge >= 0.3 is 0 Å². The molecule has 0 bridgehead atoms. The number of halogens is 1. The third kappa shape index (κ3) is 4.88. The van der Waals surface area contributed by atoms with Crippen molar-refractivity contribution in [3.63, 3.8) is 0 Å². The van der Waals surface area contributed by atoms with Crippen LogP contribution in [0.1, 0.15) is 15.9 Å². The molecule has 28 heavy (non-hydrogen) atoms. The van der Waals surface area contributed by atoms with Gasteiger partial charge in [-0.25, -0.2) is 12.8 Å². The van der Waals surface area contributed by atoms with Crippen molar-refractivity contribution in [1.82, 2.24) is 5.32 Å². The van der Waals surface area contributed by atoms with Crippen LogP contribution in [0.3, 0.4) is 0 Å². The van der Waals surface area contributed by atoms with Crippen LogP contribution in [0, 0.1) is 12.7 Å². The van der Waals surface area contributed by atoms with E-state index in [-0.39, 0.29) is 23.1 Å². The molecule has 150 valence electrons. The average molecular weight is 406 g/mol. The van der Waals surface area contributed by atoms with Crippen LogP contribution in [0.15, 0.2) is 47.4 Å². The van der Waals surface area contributed by atoms with E-state index in [1.165, 1.54) is 12.1 Å². The van der Waals surface area contributed by atoms with Crippen molar-refractivity contribution in [3.05, 3.63) is 59.4 Å². The summed E-state index contributed by atoms with van der Waals surface area (Å²) in [5.41, 5.74) is 2.53. The number of rotatable bonds is 6. The van der Waals surface area contributed by atoms with E-state index in [9.17, 15) is 17.6 Å². The predicted molar refractivity (Wildman–Crippen MR) is 105 cm³/mol. The molecule has 0 radical (unpaired) electrons. The Balaban J connectivity index is 1.62. The number of carbonyl (C=O) groups is 1. The molecule has 1 heterocycles. The summed E-state index contributed by atoms with van der Waals surface area (Å²) in [6.45, 7) is 4.79. The van der Waals surface area contributed by atoms with Gasteiger partial charge in [0.25, 0.3) is 5.91 Å². The van der Waals surface area contributed by atoms with Crippen LogP contribution in [0.4, 0.5) is 10.1 Å². The zero-order valence-electron chi connectivity index (χ0n) is 15.7. The first-order valence-corrected chi connectivity index (χ1v) is 10.7. The zero-order valence-corrected chi connectivity index (χ0v) is 16.5. The molecule has 1 amide bonds. The molecule has 1 aliphatic rings. The molecule has 0 atom stereocenters. The monoisotopic (exact) mass is 406 g/mol. The lowest BCUT2D eigenvalue weighted by atomic mass is 10.1. The van der Waals surface area contributed by atoms with Crippen molar-refractivity contribution >= 4 is 21.4 Å². The molecule has 0 saturated carbocycles. The highest BCUT2D eigenvalue weighted by Crippen LogP contribution is 2.22. The highest BCUT2D eigenvalue weighted by molar-refractivity contribution is 7.91. The number of nitrogens with one attached hydrogen (secondary N) is 1. The second-order valence-electron chi connectivity index (χ2n) is 6.63. The van der Waals surface area contributed by atoms with Crippen LogP contribution in [0.2, 0.25) is 0 Å². The van der Waals surface area contributed by atoms with E-state index < -0.39 is 15.7 Å². The Morgan fingerprint density at radius 1 is 1.14 bits per heavy atom. The summed E-state index contributed by atoms with van der Waals surface area (Å²) in [4.78, 5) is 14.7. The minimum absolute atomic E-state index is 0.0285. The number of nitrogens with zero attached hydrogens (tertiary/aromatic N) is 1. The fourth-order valence-electron chi connectivity index (χ4n) is 3.06. The molecule has 0 aromatic heterocycles. The van der Waals surface area contributed by atoms with Crippen LogP contribution < -0.4 is 10.2 Å². The van der Waals surface area contributed by atoms with Crippen LogP contribution in [0.25, 0.3) is 0 Å². The number of hydrogen-bond donors (Lipinski definition) is 1. The molecule has 8 heteroatoms. The Kier molecular flexibility index (Phi) is 6.31. The van der Waals surface area contributed by atoms with Crippen molar-refractivity contribution in [3.8, 4) is 0 Å². The summed E-state index contributed by atoms with van der Waals surface area (Å²) < 4.78 is 42.9. The summed E-state index contributed by atoms with van der Waals surface area (Å²) in [6, 6.07) is 10.1. The maximum absolute atomic E-state index is 13.0. The van der Waals surface area contributed by atoms with E-state index in [2.05, 4.69) is 10.2 Å². The second kappa shape index (κ2) is 8.70. The van der Waals surface area contributed by atoms with Crippen molar-refractivity contribution < 1.29 is 22.3 Å². The summed E-state index contributed by atoms with van der Waals surface area (Å²) in [5, 5.41) is 2.65. The highest BCUT2D eigenvalue weighted by Gasteiger charge is 2.17. The van der Waals surface area contributed by atoms with Crippen LogP contribution in [0.5, 0.6) is 0 Å². The largest absolute Gasteiger partial charge is 0.378 e. The first kappa shape index (κ1) is 20.3. The summed E-state index contributed by atoms with van der Waals surface area (Å²) in [6.07, 6.45) is 0. The standard InChI is InChI=1S/C20H23FN2O4S/c1-15-2-3-16(14-19(15)23-9-11-27-12-10-23)20(24)22-8-13-28(25,26)18-6-4-17(21)5-7-18/h2-7,14H,8-13H2,1H3,(H,22,24). The van der Waals surface area contributed by atoms with Crippen LogP contribution >= 0.6 is 0 Å². The molecular formula is C20H23FN2O4S. The predicted octanol–water partition coefficient (Wildman–Crippen LogP) is 2.17. The molecule has 3 rings (SSSR count). The Morgan fingerprint density at radius 2 is 1.82 bits per heavy atom. The molecule has 0 spiro atoms. The molecule has 1 N–H and O–H groups in total. The number of amides is 1. The normalized spacial score (nSPS) is 14.7. The van der Waals surface area contributed by atoms with Crippen molar-refractivity contribution in [2.45, 2.75) is 11.8 Å². The average Bonchev–Trinajstić information content (AvgIpc) is 2.69. The van der Waals surface area contributed by atoms with Crippen molar-refractivity contribution in [2.75, 3.05) is 43.5 Å². The number of carbonyl (C=O) groups excluding carboxylic acids is 1. The third-order valence-electron chi connectivity index (χ3n) is 4.65. The molecule has 0 aliphatic carbocycles. The summed E-state index contributed by atoms with van der Waals surface area (Å²) in [7, 11) is -3.59. The number of morpholine rings is 1. The van der Waals surface area contributed by atoms with Gasteiger partial charge in [-0.2, -0.15) is 0 Å². The van der Waals surface area contributed by atoms with Gasteiger partial charge in [0.15, 0.2) is 9.84 Å². The number of benzene rings is 2. The van der Waals surface area contributed by atoms with Gasteiger partial charge in [-0.05, 0) is 48.9 Å². The lowest BCUT2D eigenvalue weighted by Crippen LogP contribution is -2.37. The highest BCUT2D eigenvalue weighted by atomic mass is 32.2. The molecular weight excluding hydrogens is 383 g/mol. The molecule has 2 aromatic carbocycles. The van der Waals surface area contributed by atoms with Crippen LogP contribution in [-0.4, -0.2) is 52.9 Å². The van der Waals surface area contributed by atoms with Crippen molar-refractivity contribution in [2.24, 2.45) is 0 Å². The van der Waals surface area contributed by atoms with Gasteiger partial charge in [-0.15, -0.1) is 0 Å². The van der Waals surface area contributed by atoms with Gasteiger partial charge in [0.05, 0.1) is 23.9 Å². The minimum atomic E-state index is -3.59. The first-order valence-electron chi connectivity index (χ1n) is 9.07. The second-order valence-corrected chi connectivity index (χ2v) is 8.74. The molecule has 1 aliphatic heterocycles. The number of anilines is 1. The fraction of sp³-hybridized carbons (Fsp3) is 0.350. The minimum Gasteiger partial charge on any atom is -0.378 e. The Morgan fingerprint density at radius 3 is 2.50 bits per heavy atom. The Labute approximate surface area is 164 Å². The number of ether oxygens (including phenoxy) is 1. The summed E-state index contributed by atoms with van der Waals surface area (Å²) >= 11 is 0. The van der Waals surface area contributed by atoms with E-state index in [0.29, 0.717) is 18.8 Å². The van der Waals surface area contributed by atoms with Gasteiger partial charge in [0, 0.05) is 30.9 Å². The maximum Gasteiger partial charge on any atom is 0.251 e. The molecule has 1 fully saturated rings. The van der Waals surface area contributed by atoms with E-state index in [4.69, 9.17) is 4.74 Å². The van der Waals surface area contributed by atoms with Crippen molar-refractivity contribution in [1.29, 1.82) is 0 Å². The van der Waals surface area contributed by atoms with Gasteiger partial charge < -0.3 is 15.0 Å².